The molecular weight excluding hydrogens is 502 g/mol. The van der Waals surface area contributed by atoms with Crippen molar-refractivity contribution in [1.82, 2.24) is 4.57 Å². The van der Waals surface area contributed by atoms with Crippen LogP contribution < -0.4 is 0 Å². The van der Waals surface area contributed by atoms with Crippen molar-refractivity contribution in [2.75, 3.05) is 0 Å². The zero-order valence-corrected chi connectivity index (χ0v) is 22.6. The van der Waals surface area contributed by atoms with Crippen molar-refractivity contribution in [3.63, 3.8) is 0 Å². The maximum Gasteiger partial charge on any atom is 0.330 e. The first-order valence-corrected chi connectivity index (χ1v) is 14.0. The van der Waals surface area contributed by atoms with E-state index in [0.717, 1.165) is 49.0 Å². The van der Waals surface area contributed by atoms with Crippen LogP contribution in [0.2, 0.25) is 0 Å². The van der Waals surface area contributed by atoms with Crippen molar-refractivity contribution in [2.45, 2.75) is 18.6 Å². The molecule has 0 spiro atoms. The van der Waals surface area contributed by atoms with Gasteiger partial charge in [0, 0.05) is 29.9 Å². The Morgan fingerprint density at radius 2 is 1.00 bits per heavy atom. The molecule has 1 aromatic heterocycles. The van der Waals surface area contributed by atoms with Crippen molar-refractivity contribution < 1.29 is 9.53 Å². The topological polar surface area (TPSA) is 31.2 Å². The van der Waals surface area contributed by atoms with E-state index >= 15 is 0 Å². The fourth-order valence-electron chi connectivity index (χ4n) is 5.99. The van der Waals surface area contributed by atoms with Gasteiger partial charge in [-0.25, -0.2) is 4.79 Å². The molecule has 0 saturated carbocycles. The highest BCUT2D eigenvalue weighted by Gasteiger charge is 2.29. The molecule has 0 N–H and O–H groups in total. The number of carbonyl (C=O) groups excluding carboxylic acids is 1. The molecule has 0 aliphatic heterocycles. The number of hydrogen-bond acceptors (Lipinski definition) is 2. The Kier molecular flexibility index (Phi) is 6.54. The second kappa shape index (κ2) is 10.8. The van der Waals surface area contributed by atoms with Gasteiger partial charge in [-0.1, -0.05) is 127 Å². The van der Waals surface area contributed by atoms with Crippen LogP contribution in [0.5, 0.6) is 0 Å². The molecular formula is C38H29NO2. The van der Waals surface area contributed by atoms with E-state index in [4.69, 9.17) is 4.74 Å². The van der Waals surface area contributed by atoms with Crippen LogP contribution in [0.3, 0.4) is 0 Å². The predicted octanol–water partition coefficient (Wildman–Crippen LogP) is 9.06. The molecule has 0 unspecified atom stereocenters. The number of aromatic nitrogens is 1. The lowest BCUT2D eigenvalue weighted by molar-refractivity contribution is -0.151. The number of ether oxygens (including phenoxy) is 1. The van der Waals surface area contributed by atoms with E-state index in [1.165, 1.54) is 0 Å². The van der Waals surface area contributed by atoms with Gasteiger partial charge < -0.3 is 9.30 Å². The minimum Gasteiger partial charge on any atom is -0.451 e. The Morgan fingerprint density at radius 1 is 0.537 bits per heavy atom. The summed E-state index contributed by atoms with van der Waals surface area (Å²) in [5.74, 6) is -0.264. The zero-order valence-electron chi connectivity index (χ0n) is 22.6. The molecule has 198 valence electrons. The van der Waals surface area contributed by atoms with Crippen molar-refractivity contribution in [1.29, 1.82) is 0 Å². The summed E-state index contributed by atoms with van der Waals surface area (Å²) in [5, 5.41) is 6.70. The first kappa shape index (κ1) is 24.9. The summed E-state index contributed by atoms with van der Waals surface area (Å²) in [6.07, 6.45) is 3.83. The van der Waals surface area contributed by atoms with Crippen LogP contribution in [0, 0.1) is 0 Å². The van der Waals surface area contributed by atoms with Gasteiger partial charge in [0.25, 0.3) is 0 Å². The third-order valence-electron chi connectivity index (χ3n) is 8.00. The van der Waals surface area contributed by atoms with Crippen LogP contribution in [0.4, 0.5) is 0 Å². The number of nitrogens with zero attached hydrogens (tertiary/aromatic N) is 1. The molecule has 0 amide bonds. The minimum atomic E-state index is -0.578. The van der Waals surface area contributed by atoms with E-state index in [-0.39, 0.29) is 5.97 Å². The van der Waals surface area contributed by atoms with Gasteiger partial charge in [0.1, 0.15) is 6.04 Å². The summed E-state index contributed by atoms with van der Waals surface area (Å²) in [4.78, 5) is 14.4. The summed E-state index contributed by atoms with van der Waals surface area (Å²) in [6.45, 7) is 0. The summed E-state index contributed by atoms with van der Waals surface area (Å²) in [5.41, 5.74) is 3.07. The molecule has 41 heavy (non-hydrogen) atoms. The Balaban J connectivity index is 1.35. The van der Waals surface area contributed by atoms with Gasteiger partial charge in [-0.05, 0) is 50.0 Å². The highest BCUT2D eigenvalue weighted by atomic mass is 16.5. The second-order valence-electron chi connectivity index (χ2n) is 10.4. The molecule has 0 fully saturated rings. The van der Waals surface area contributed by atoms with Gasteiger partial charge in [0.05, 0.1) is 0 Å². The normalized spacial score (nSPS) is 12.2. The van der Waals surface area contributed by atoms with Gasteiger partial charge in [0.2, 0.25) is 0 Å². The van der Waals surface area contributed by atoms with E-state index in [9.17, 15) is 4.79 Å². The molecule has 0 aliphatic carbocycles. The largest absolute Gasteiger partial charge is 0.451 e. The second-order valence-corrected chi connectivity index (χ2v) is 10.4. The van der Waals surface area contributed by atoms with E-state index in [1.54, 1.807) is 0 Å². The number of carbonyl (C=O) groups is 1. The van der Waals surface area contributed by atoms with Crippen molar-refractivity contribution >= 4 is 38.3 Å². The third kappa shape index (κ3) is 4.76. The summed E-state index contributed by atoms with van der Waals surface area (Å²) < 4.78 is 8.61. The Bertz CT molecular complexity index is 1890. The first-order chi connectivity index (χ1) is 20.3. The highest BCUT2D eigenvalue weighted by Crippen LogP contribution is 2.37. The smallest absolute Gasteiger partial charge is 0.330 e. The first-order valence-electron chi connectivity index (χ1n) is 14.0. The fraction of sp³-hybridized carbons (Fsp3) is 0.0789. The summed E-state index contributed by atoms with van der Waals surface area (Å²) in [6, 6.07) is 47.0. The standard InChI is InChI=1S/C38H29NO2/c40-38(36(39-24-7-8-25-39)26-30-18-9-15-27-12-1-4-19-31(27)30)41-37(34-22-10-16-28-13-2-5-20-32(28)34)35-23-11-17-29-14-3-6-21-33(29)35/h1-25,36-37H,26H2/t36-/m0/s1. The average Bonchev–Trinajstić information content (AvgIpc) is 3.57. The molecule has 0 bridgehead atoms. The number of benzene rings is 6. The maximum atomic E-state index is 14.4. The lowest BCUT2D eigenvalue weighted by atomic mass is 9.92. The van der Waals surface area contributed by atoms with Crippen molar-refractivity contribution in [2.24, 2.45) is 0 Å². The summed E-state index contributed by atoms with van der Waals surface area (Å²) >= 11 is 0. The number of fused-ring (bicyclic) bond motifs is 3. The number of rotatable bonds is 7. The van der Waals surface area contributed by atoms with E-state index in [2.05, 4.69) is 78.9 Å². The lowest BCUT2D eigenvalue weighted by Gasteiger charge is -2.26. The van der Waals surface area contributed by atoms with E-state index < -0.39 is 12.1 Å². The number of esters is 1. The van der Waals surface area contributed by atoms with E-state index in [0.29, 0.717) is 6.42 Å². The molecule has 6 aromatic carbocycles. The van der Waals surface area contributed by atoms with Gasteiger partial charge in [0.15, 0.2) is 6.10 Å². The monoisotopic (exact) mass is 531 g/mol. The highest BCUT2D eigenvalue weighted by molar-refractivity contribution is 5.91. The minimum absolute atomic E-state index is 0.264. The molecule has 7 aromatic rings. The lowest BCUT2D eigenvalue weighted by Crippen LogP contribution is -2.25. The van der Waals surface area contributed by atoms with Crippen LogP contribution >= 0.6 is 0 Å². The van der Waals surface area contributed by atoms with Gasteiger partial charge in [-0.15, -0.1) is 0 Å². The van der Waals surface area contributed by atoms with E-state index in [1.807, 2.05) is 77.6 Å². The molecule has 0 saturated heterocycles. The van der Waals surface area contributed by atoms with Gasteiger partial charge in [-0.2, -0.15) is 0 Å². The van der Waals surface area contributed by atoms with Crippen LogP contribution in [0.15, 0.2) is 152 Å². The zero-order chi connectivity index (χ0) is 27.6. The molecule has 7 rings (SSSR count). The van der Waals surface area contributed by atoms with Crippen LogP contribution in [-0.4, -0.2) is 10.5 Å². The average molecular weight is 532 g/mol. The SMILES string of the molecule is O=C(OC(c1cccc2ccccc12)c1cccc2ccccc12)[C@H](Cc1cccc2ccccc12)n1cccc1. The van der Waals surface area contributed by atoms with Crippen molar-refractivity contribution in [3.8, 4) is 0 Å². The molecule has 1 heterocycles. The van der Waals surface area contributed by atoms with Crippen LogP contribution in [-0.2, 0) is 16.0 Å². The quantitative estimate of drug-likeness (QED) is 0.192. The third-order valence-corrected chi connectivity index (χ3v) is 8.00. The molecule has 3 nitrogen and oxygen atoms in total. The van der Waals surface area contributed by atoms with Crippen molar-refractivity contribution in [3.05, 3.63) is 169 Å². The Hall–Kier alpha value is -5.15. The molecule has 0 aliphatic rings. The summed E-state index contributed by atoms with van der Waals surface area (Å²) in [7, 11) is 0. The fourth-order valence-corrected chi connectivity index (χ4v) is 5.99. The predicted molar refractivity (Wildman–Crippen MR) is 167 cm³/mol. The van der Waals surface area contributed by atoms with Crippen LogP contribution in [0.1, 0.15) is 28.8 Å². The molecule has 1 atom stereocenters. The Labute approximate surface area is 239 Å². The number of hydrogen-bond donors (Lipinski definition) is 0. The maximum absolute atomic E-state index is 14.4. The molecule has 3 heteroatoms. The Morgan fingerprint density at radius 3 is 1.59 bits per heavy atom. The van der Waals surface area contributed by atoms with Crippen LogP contribution in [0.25, 0.3) is 32.3 Å². The van der Waals surface area contributed by atoms with Gasteiger partial charge in [-0.3, -0.25) is 0 Å². The van der Waals surface area contributed by atoms with Gasteiger partial charge >= 0.3 is 5.97 Å². The molecule has 0 radical (unpaired) electrons.